The lowest BCUT2D eigenvalue weighted by atomic mass is 10.2. The molecule has 0 saturated heterocycles. The zero-order valence-corrected chi connectivity index (χ0v) is 15.4. The molecule has 28 heavy (non-hydrogen) atoms. The van der Waals surface area contributed by atoms with Crippen molar-refractivity contribution in [3.8, 4) is 17.1 Å². The van der Waals surface area contributed by atoms with Crippen molar-refractivity contribution < 1.29 is 22.9 Å². The lowest BCUT2D eigenvalue weighted by Crippen LogP contribution is -2.21. The van der Waals surface area contributed by atoms with Gasteiger partial charge in [0.1, 0.15) is 6.61 Å². The maximum absolute atomic E-state index is 12.3. The average Bonchev–Trinajstić information content (AvgIpc) is 3.15. The fourth-order valence-electron chi connectivity index (χ4n) is 2.28. The highest BCUT2D eigenvalue weighted by atomic mass is 35.5. The zero-order chi connectivity index (χ0) is 22.6. The Bertz CT molecular complexity index is 1090. The van der Waals surface area contributed by atoms with Crippen molar-refractivity contribution >= 4 is 29.0 Å². The molecule has 0 unspecified atom stereocenters. The number of pyridine rings is 1. The van der Waals surface area contributed by atoms with E-state index in [4.69, 9.17) is 29.7 Å². The van der Waals surface area contributed by atoms with Crippen LogP contribution in [0.25, 0.3) is 11.4 Å². The van der Waals surface area contributed by atoms with Gasteiger partial charge in [-0.1, -0.05) is 16.8 Å². The first kappa shape index (κ1) is 15.7. The van der Waals surface area contributed by atoms with E-state index in [1.807, 2.05) is 5.32 Å². The molecule has 0 aromatic carbocycles. The Labute approximate surface area is 168 Å². The minimum absolute atomic E-state index is 0.0366. The van der Waals surface area contributed by atoms with Gasteiger partial charge in [-0.2, -0.15) is 4.98 Å². The Kier molecular flexibility index (Phi) is 4.82. The molecule has 0 radical (unpaired) electrons. The van der Waals surface area contributed by atoms with E-state index in [9.17, 15) is 4.79 Å². The quantitative estimate of drug-likeness (QED) is 0.595. The highest BCUT2D eigenvalue weighted by Crippen LogP contribution is 2.35. The van der Waals surface area contributed by atoms with E-state index in [0.717, 1.165) is 0 Å². The molecule has 1 amide bonds. The normalized spacial score (nSPS) is 12.6. The predicted octanol–water partition coefficient (Wildman–Crippen LogP) is 1.83. The van der Waals surface area contributed by atoms with Crippen molar-refractivity contribution in [2.75, 3.05) is 26.5 Å². The summed E-state index contributed by atoms with van der Waals surface area (Å²) in [5.74, 6) is -0.114. The van der Waals surface area contributed by atoms with Gasteiger partial charge in [-0.05, 0) is 6.07 Å². The number of hydrogen-bond acceptors (Lipinski definition) is 10. The number of carbonyl (C=O) groups excluding carboxylic acids is 1. The molecule has 12 heteroatoms. The van der Waals surface area contributed by atoms with Crippen LogP contribution in [0.5, 0.6) is 5.75 Å². The van der Waals surface area contributed by atoms with E-state index in [1.54, 1.807) is 6.07 Å². The van der Waals surface area contributed by atoms with Gasteiger partial charge in [0.05, 0.1) is 18.4 Å². The van der Waals surface area contributed by atoms with Crippen LogP contribution in [0.15, 0.2) is 22.9 Å². The number of amides is 1. The first-order valence-electron chi connectivity index (χ1n) is 9.19. The number of aromatic nitrogens is 5. The van der Waals surface area contributed by atoms with Crippen LogP contribution in [0.1, 0.15) is 20.5 Å². The van der Waals surface area contributed by atoms with Gasteiger partial charge in [-0.25, -0.2) is 4.98 Å². The number of carbonyl (C=O) groups is 1. The third-order valence-corrected chi connectivity index (χ3v) is 3.62. The second-order valence-electron chi connectivity index (χ2n) is 5.19. The summed E-state index contributed by atoms with van der Waals surface area (Å²) < 4.78 is 37.1. The Morgan fingerprint density at radius 1 is 1.39 bits per heavy atom. The van der Waals surface area contributed by atoms with Crippen LogP contribution in [0, 0.1) is 0 Å². The molecule has 3 aromatic heterocycles. The highest BCUT2D eigenvalue weighted by Gasteiger charge is 2.20. The van der Waals surface area contributed by atoms with Crippen LogP contribution in [0.2, 0.25) is 5.15 Å². The first-order chi connectivity index (χ1) is 14.7. The molecule has 0 aliphatic rings. The van der Waals surface area contributed by atoms with E-state index < -0.39 is 12.9 Å². The third kappa shape index (κ3) is 4.00. The first-order valence-corrected chi connectivity index (χ1v) is 8.07. The zero-order valence-electron chi connectivity index (χ0n) is 17.7. The number of hydrogen-bond donors (Lipinski definition) is 2. The van der Waals surface area contributed by atoms with Crippen LogP contribution in [-0.2, 0) is 11.3 Å². The van der Waals surface area contributed by atoms with Gasteiger partial charge < -0.3 is 24.6 Å². The number of anilines is 2. The van der Waals surface area contributed by atoms with E-state index in [1.165, 1.54) is 26.5 Å². The smallest absolute Gasteiger partial charge is 0.273 e. The summed E-state index contributed by atoms with van der Waals surface area (Å²) in [5, 5.41) is 15.8. The highest BCUT2D eigenvalue weighted by molar-refractivity contribution is 6.29. The van der Waals surface area contributed by atoms with Crippen molar-refractivity contribution in [1.82, 2.24) is 30.6 Å². The Morgan fingerprint density at radius 2 is 2.25 bits per heavy atom. The summed E-state index contributed by atoms with van der Waals surface area (Å²) in [6, 6.07) is 2.90. The van der Waals surface area contributed by atoms with Crippen LogP contribution in [-0.4, -0.2) is 52.4 Å². The fourth-order valence-corrected chi connectivity index (χ4v) is 2.43. The van der Waals surface area contributed by atoms with E-state index in [-0.39, 0.29) is 46.4 Å². The molecular weight excluding hydrogens is 390 g/mol. The molecule has 0 saturated carbocycles. The van der Waals surface area contributed by atoms with Gasteiger partial charge in [0, 0.05) is 30.5 Å². The van der Waals surface area contributed by atoms with E-state index >= 15 is 0 Å². The number of nitrogens with one attached hydrogen (secondary N) is 2. The second kappa shape index (κ2) is 8.59. The molecule has 0 aliphatic heterocycles. The lowest BCUT2D eigenvalue weighted by Gasteiger charge is -2.14. The predicted molar refractivity (Wildman–Crippen MR) is 98.5 cm³/mol. The fraction of sp³-hybridized carbons (Fsp3) is 0.250. The summed E-state index contributed by atoms with van der Waals surface area (Å²) >= 11 is 5.90. The molecule has 3 rings (SSSR count). The number of methoxy groups -OCH3 is 2. The van der Waals surface area contributed by atoms with Crippen LogP contribution < -0.4 is 15.4 Å². The van der Waals surface area contributed by atoms with Crippen molar-refractivity contribution in [3.05, 3.63) is 35.1 Å². The molecule has 11 nitrogen and oxygen atoms in total. The van der Waals surface area contributed by atoms with Gasteiger partial charge in [0.25, 0.3) is 11.8 Å². The lowest BCUT2D eigenvalue weighted by molar-refractivity contribution is 0.0958. The van der Waals surface area contributed by atoms with Crippen LogP contribution >= 0.6 is 11.6 Å². The van der Waals surface area contributed by atoms with Crippen LogP contribution in [0.3, 0.4) is 0 Å². The summed E-state index contributed by atoms with van der Waals surface area (Å²) in [6.45, 7) is -2.58. The molecule has 2 N–H and O–H groups in total. The SMILES string of the molecule is [2H]C([2H])([2H])NC(=O)c1nnc(Cl)cc1Nc1nccc(-c2noc(COC)n2)c1OC. The van der Waals surface area contributed by atoms with Gasteiger partial charge >= 0.3 is 0 Å². The number of ether oxygens (including phenoxy) is 2. The summed E-state index contributed by atoms with van der Waals surface area (Å²) in [4.78, 5) is 20.8. The molecule has 0 atom stereocenters. The van der Waals surface area contributed by atoms with Crippen molar-refractivity contribution in [3.63, 3.8) is 0 Å². The van der Waals surface area contributed by atoms with Gasteiger partial charge in [0.15, 0.2) is 22.4 Å². The molecule has 0 fully saturated rings. The van der Waals surface area contributed by atoms with E-state index in [2.05, 4.69) is 30.6 Å². The minimum atomic E-state index is -2.72. The minimum Gasteiger partial charge on any atom is -0.492 e. The van der Waals surface area contributed by atoms with Gasteiger partial charge in [-0.3, -0.25) is 4.79 Å². The topological polar surface area (TPSA) is 137 Å². The molecule has 0 aliphatic carbocycles. The van der Waals surface area contributed by atoms with Gasteiger partial charge in [0.2, 0.25) is 5.82 Å². The maximum atomic E-state index is 12.3. The third-order valence-electron chi connectivity index (χ3n) is 3.43. The summed E-state index contributed by atoms with van der Waals surface area (Å²) in [7, 11) is 2.90. The summed E-state index contributed by atoms with van der Waals surface area (Å²) in [6.07, 6.45) is 1.45. The molecule has 146 valence electrons. The van der Waals surface area contributed by atoms with Gasteiger partial charge in [-0.15, -0.1) is 10.2 Å². The Balaban J connectivity index is 1.99. The van der Waals surface area contributed by atoms with Crippen molar-refractivity contribution in [2.24, 2.45) is 0 Å². The standard InChI is InChI=1S/C16H16ClN7O4/c1-18-16(25)12-9(6-10(17)22-23-12)20-15-13(27-3)8(4-5-19-15)14-21-11(7-26-2)28-24-14/h4-6H,7H2,1-3H3,(H,18,25)(H,19,20,22)/i1D3. The molecular formula is C16H16ClN7O4. The number of nitrogens with zero attached hydrogens (tertiary/aromatic N) is 5. The van der Waals surface area contributed by atoms with Crippen LogP contribution in [0.4, 0.5) is 11.5 Å². The number of rotatable bonds is 7. The maximum Gasteiger partial charge on any atom is 0.273 e. The van der Waals surface area contributed by atoms with Crippen molar-refractivity contribution in [2.45, 2.75) is 6.61 Å². The Hall–Kier alpha value is -3.31. The summed E-state index contributed by atoms with van der Waals surface area (Å²) in [5.41, 5.74) is 0.183. The molecule has 3 heterocycles. The second-order valence-corrected chi connectivity index (χ2v) is 5.58. The number of halogens is 1. The Morgan fingerprint density at radius 3 is 3.00 bits per heavy atom. The van der Waals surface area contributed by atoms with Crippen molar-refractivity contribution in [1.29, 1.82) is 0 Å². The average molecular weight is 409 g/mol. The molecule has 0 spiro atoms. The van der Waals surface area contributed by atoms with E-state index in [0.29, 0.717) is 5.56 Å². The monoisotopic (exact) mass is 408 g/mol. The molecule has 3 aromatic rings. The molecule has 0 bridgehead atoms. The largest absolute Gasteiger partial charge is 0.492 e.